The fourth-order valence-electron chi connectivity index (χ4n) is 19.8. The van der Waals surface area contributed by atoms with Gasteiger partial charge in [0, 0.05) is 14.2 Å². The van der Waals surface area contributed by atoms with Gasteiger partial charge in [0.15, 0.2) is 31.5 Å². The second-order valence-corrected chi connectivity index (χ2v) is 31.1. The standard InChI is InChI=1S/C67H108O33/c1-25(2)12-11-16-65(8)67(86)37(73)19-64(7)27-13-14-35-62(4,5)28(15-17-63(35,6)29(27)18-36(72)66(64,67)61(85)100-65)50-55(42(78)34(24-89-50)95-57-47(83)53(40(76)32(22-70)91-57)97-58-45(81)51(87-9)38(74)30(20-68)92-58)99-56-44(80)43(79)49(26(3)90-56)96-60-48(84)54(41(77)33(23-71)94-60)98-59-46(82)52(88-10)39(75)31(21-69)93-59/h12,18,26-28,30-60,68-84,86H,11,13-17,19-24H2,1-10H3/t26-,27-,28-,30-,31-,32-,33-,34-,35+,36+,37+,38-,39-,40-,41-,42+,43-,44-,45-,46-,47-,48-,49-,50+,51+,52+,53+,54+,55-,56+,57+,58+,59+,60+,63-,64+,65+,66-,67+/m1/s1. The first-order chi connectivity index (χ1) is 47.1. The van der Waals surface area contributed by atoms with Crippen molar-refractivity contribution < 1.29 is 163 Å². The van der Waals surface area contributed by atoms with Crippen LogP contribution in [0.25, 0.3) is 0 Å². The highest BCUT2D eigenvalue weighted by Crippen LogP contribution is 2.77. The first-order valence-electron chi connectivity index (χ1n) is 34.9. The summed E-state index contributed by atoms with van der Waals surface area (Å²) in [6.07, 6.45) is -45.9. The molecule has 18 N–H and O–H groups in total. The van der Waals surface area contributed by atoms with E-state index in [1.165, 1.54) is 21.1 Å². The molecule has 7 heterocycles. The Labute approximate surface area is 578 Å². The van der Waals surface area contributed by atoms with E-state index in [-0.39, 0.29) is 18.8 Å². The van der Waals surface area contributed by atoms with Gasteiger partial charge < -0.3 is 158 Å². The summed E-state index contributed by atoms with van der Waals surface area (Å²) in [6.45, 7) is 11.2. The largest absolute Gasteiger partial charge is 0.456 e. The fourth-order valence-corrected chi connectivity index (χ4v) is 19.8. The first-order valence-corrected chi connectivity index (χ1v) is 34.9. The SMILES string of the molecule is CO[C@@H]1[C@@H](O)[C@H](O[C@@H]2[C@@H](O)[C@H](O[C@H]3[C@H](O)[C@@H](O)[C@H](O[C@@H]4[C@@H](O)[C@H](O[C@@H]5O[C@H](CO)[C@@H](O)[C@H](O[C@@H]6O[C@H](CO)[C@@H](O)[C@H](OC)[C@H]6O)[C@H]5O)CO[C@H]4[C@H]4CC[C@]5(C)C6=C[C@H](O)[C@]78C(=O)O[C@@](C)(CCC=C(C)C)[C@@]7(O)[C@@H](O)C[C@@]8(C)[C@@H]6CC[C@H]5C4(C)C)O[C@@H]3C)O[C@H](CO)[C@H]2O)O[C@H](CO)[C@H]1O. The number of allylic oxidation sites excluding steroid dienone is 3. The van der Waals surface area contributed by atoms with Crippen molar-refractivity contribution in [1.82, 2.24) is 0 Å². The summed E-state index contributed by atoms with van der Waals surface area (Å²) in [5.41, 5.74) is -6.50. The van der Waals surface area contributed by atoms with Gasteiger partial charge in [-0.1, -0.05) is 51.0 Å². The number of aliphatic hydroxyl groups is 18. The van der Waals surface area contributed by atoms with Crippen LogP contribution in [-0.4, -0.2) is 346 Å². The number of hydrogen-bond acceptors (Lipinski definition) is 33. The molecule has 11 aliphatic rings. The van der Waals surface area contributed by atoms with Crippen LogP contribution in [0, 0.1) is 39.4 Å². The third-order valence-electron chi connectivity index (χ3n) is 25.1. The fraction of sp³-hybridized carbons (Fsp3) is 0.925. The molecule has 0 amide bonds. The molecule has 3 saturated carbocycles. The normalized spacial score (nSPS) is 53.9. The number of ether oxygens (including phenoxy) is 14. The predicted molar refractivity (Wildman–Crippen MR) is 333 cm³/mol. The van der Waals surface area contributed by atoms with Gasteiger partial charge in [0.25, 0.3) is 0 Å². The van der Waals surface area contributed by atoms with Gasteiger partial charge >= 0.3 is 5.97 Å². The van der Waals surface area contributed by atoms with Crippen LogP contribution in [-0.2, 0) is 71.1 Å². The summed E-state index contributed by atoms with van der Waals surface area (Å²) in [7, 11) is 2.35. The summed E-state index contributed by atoms with van der Waals surface area (Å²) in [6, 6.07) is 0. The van der Waals surface area contributed by atoms with Gasteiger partial charge in [-0.25, -0.2) is 0 Å². The van der Waals surface area contributed by atoms with E-state index in [4.69, 9.17) is 66.3 Å². The van der Waals surface area contributed by atoms with Crippen molar-refractivity contribution in [3.8, 4) is 0 Å². The molecule has 7 saturated heterocycles. The Hall–Kier alpha value is -2.29. The number of cyclic esters (lactones) is 1. The van der Waals surface area contributed by atoms with Crippen LogP contribution in [0.1, 0.15) is 100 Å². The van der Waals surface area contributed by atoms with E-state index in [1.807, 2.05) is 40.7 Å². The van der Waals surface area contributed by atoms with Crippen molar-refractivity contribution in [2.45, 2.75) is 302 Å². The summed E-state index contributed by atoms with van der Waals surface area (Å²) >= 11 is 0. The van der Waals surface area contributed by atoms with E-state index in [9.17, 15) is 96.7 Å². The number of methoxy groups -OCH3 is 2. The van der Waals surface area contributed by atoms with Crippen molar-refractivity contribution in [1.29, 1.82) is 0 Å². The first kappa shape index (κ1) is 78.8. The lowest BCUT2D eigenvalue weighted by atomic mass is 9.39. The van der Waals surface area contributed by atoms with E-state index >= 15 is 0 Å². The molecule has 100 heavy (non-hydrogen) atoms. The van der Waals surface area contributed by atoms with Crippen LogP contribution in [0.15, 0.2) is 23.3 Å². The van der Waals surface area contributed by atoms with Crippen molar-refractivity contribution >= 4 is 5.97 Å². The van der Waals surface area contributed by atoms with Gasteiger partial charge in [-0.15, -0.1) is 0 Å². The molecule has 0 aromatic rings. The second-order valence-electron chi connectivity index (χ2n) is 31.1. The van der Waals surface area contributed by atoms with Crippen LogP contribution in [0.2, 0.25) is 0 Å². The van der Waals surface area contributed by atoms with Crippen molar-refractivity contribution in [2.75, 3.05) is 47.3 Å². The minimum Gasteiger partial charge on any atom is -0.456 e. The zero-order chi connectivity index (χ0) is 73.2. The molecule has 7 aliphatic heterocycles. The van der Waals surface area contributed by atoms with E-state index in [0.29, 0.717) is 32.1 Å². The molecule has 10 fully saturated rings. The maximum atomic E-state index is 14.8. The molecule has 0 radical (unpaired) electrons. The third-order valence-corrected chi connectivity index (χ3v) is 25.1. The maximum absolute atomic E-state index is 14.8. The zero-order valence-corrected chi connectivity index (χ0v) is 57.9. The molecule has 11 rings (SSSR count). The molecule has 0 bridgehead atoms. The molecular formula is C67H108O33. The minimum atomic E-state index is -2.17. The summed E-state index contributed by atoms with van der Waals surface area (Å²) in [4.78, 5) is 14.8. The Morgan fingerprint density at radius 2 is 1.02 bits per heavy atom. The molecule has 33 heteroatoms. The van der Waals surface area contributed by atoms with E-state index < -0.39 is 274 Å². The zero-order valence-electron chi connectivity index (χ0n) is 57.9. The lowest BCUT2D eigenvalue weighted by Gasteiger charge is -2.65. The van der Waals surface area contributed by atoms with E-state index in [1.54, 1.807) is 13.0 Å². The number of carbonyl (C=O) groups excluding carboxylic acids is 1. The Morgan fingerprint density at radius 1 is 0.560 bits per heavy atom. The van der Waals surface area contributed by atoms with Gasteiger partial charge in [0.2, 0.25) is 0 Å². The molecule has 574 valence electrons. The molecule has 0 unspecified atom stereocenters. The Balaban J connectivity index is 0.871. The highest BCUT2D eigenvalue weighted by atomic mass is 16.8. The molecule has 4 aliphatic carbocycles. The minimum absolute atomic E-state index is 0.00703. The van der Waals surface area contributed by atoms with Crippen molar-refractivity contribution in [2.24, 2.45) is 39.4 Å². The highest BCUT2D eigenvalue weighted by molar-refractivity contribution is 5.87. The quantitative estimate of drug-likeness (QED) is 0.0399. The lowest BCUT2D eigenvalue weighted by Crippen LogP contribution is -2.70. The van der Waals surface area contributed by atoms with Crippen LogP contribution >= 0.6 is 0 Å². The smallest absolute Gasteiger partial charge is 0.319 e. The van der Waals surface area contributed by atoms with Gasteiger partial charge in [-0.05, 0) is 107 Å². The molecular weight excluding hydrogens is 1330 g/mol. The number of rotatable bonds is 20. The second kappa shape index (κ2) is 29.7. The maximum Gasteiger partial charge on any atom is 0.319 e. The predicted octanol–water partition coefficient (Wildman–Crippen LogP) is -5.76. The average molecular weight is 1440 g/mol. The highest BCUT2D eigenvalue weighted by Gasteiger charge is 2.88. The Morgan fingerprint density at radius 3 is 1.51 bits per heavy atom. The van der Waals surface area contributed by atoms with Crippen LogP contribution in [0.5, 0.6) is 0 Å². The van der Waals surface area contributed by atoms with Gasteiger partial charge in [-0.2, -0.15) is 0 Å². The summed E-state index contributed by atoms with van der Waals surface area (Å²) in [5, 5.41) is 206. The van der Waals surface area contributed by atoms with Gasteiger partial charge in [-0.3, -0.25) is 4.79 Å². The van der Waals surface area contributed by atoms with E-state index in [2.05, 4.69) is 6.92 Å². The Kier molecular flexibility index (Phi) is 23.4. The topological polar surface area (TPSA) is 510 Å². The molecule has 33 nitrogen and oxygen atoms in total. The summed E-state index contributed by atoms with van der Waals surface area (Å²) < 4.78 is 83.7. The number of carbonyl (C=O) groups is 1. The molecule has 0 aromatic heterocycles. The van der Waals surface area contributed by atoms with Gasteiger partial charge in [0.05, 0.1) is 57.5 Å². The van der Waals surface area contributed by atoms with Crippen LogP contribution in [0.3, 0.4) is 0 Å². The molecule has 1 spiro atoms. The third kappa shape index (κ3) is 12.5. The monoisotopic (exact) mass is 1440 g/mol. The number of hydrogen-bond donors (Lipinski definition) is 18. The summed E-state index contributed by atoms with van der Waals surface area (Å²) in [5.74, 6) is -2.01. The average Bonchev–Trinajstić information content (AvgIpc) is 1.46. The lowest BCUT2D eigenvalue weighted by molar-refractivity contribution is -0.388. The molecule has 39 atom stereocenters. The Bertz CT molecular complexity index is 2870. The van der Waals surface area contributed by atoms with Crippen molar-refractivity contribution in [3.05, 3.63) is 23.3 Å². The van der Waals surface area contributed by atoms with Crippen LogP contribution in [0.4, 0.5) is 0 Å². The molecule has 0 aromatic carbocycles. The van der Waals surface area contributed by atoms with E-state index in [0.717, 1.165) is 11.1 Å². The van der Waals surface area contributed by atoms with Crippen molar-refractivity contribution in [3.63, 3.8) is 0 Å². The van der Waals surface area contributed by atoms with Crippen LogP contribution < -0.4 is 0 Å². The number of esters is 1. The number of aliphatic hydroxyl groups excluding tert-OH is 17. The van der Waals surface area contributed by atoms with Gasteiger partial charge in [0.1, 0.15) is 151 Å². The number of fused-ring (bicyclic) bond motifs is 4.